The van der Waals surface area contributed by atoms with E-state index in [-0.39, 0.29) is 0 Å². The van der Waals surface area contributed by atoms with Crippen LogP contribution in [-0.2, 0) is 0 Å². The normalized spacial score (nSPS) is 23.5. The first-order valence-corrected chi connectivity index (χ1v) is 9.60. The summed E-state index contributed by atoms with van der Waals surface area (Å²) in [5.74, 6) is 1.92. The molecule has 3 heterocycles. The molecule has 0 aliphatic carbocycles. The van der Waals surface area contributed by atoms with Crippen LogP contribution in [0.4, 0.5) is 5.82 Å². The Labute approximate surface area is 142 Å². The second-order valence-corrected chi connectivity index (χ2v) is 7.85. The fourth-order valence-corrected chi connectivity index (χ4v) is 4.23. The molecular weight excluding hydrogens is 282 g/mol. The van der Waals surface area contributed by atoms with Crippen molar-refractivity contribution in [3.05, 3.63) is 23.4 Å². The Kier molecular flexibility index (Phi) is 5.58. The zero-order valence-electron chi connectivity index (χ0n) is 15.2. The minimum atomic E-state index is 0.578. The van der Waals surface area contributed by atoms with E-state index < -0.39 is 0 Å². The molecule has 0 bridgehead atoms. The highest BCUT2D eigenvalue weighted by atomic mass is 15.2. The summed E-state index contributed by atoms with van der Waals surface area (Å²) in [7, 11) is 0. The lowest BCUT2D eigenvalue weighted by molar-refractivity contribution is 0.131. The average molecular weight is 316 g/mol. The van der Waals surface area contributed by atoms with Crippen molar-refractivity contribution >= 4 is 5.82 Å². The second kappa shape index (κ2) is 7.65. The van der Waals surface area contributed by atoms with Crippen molar-refractivity contribution in [3.63, 3.8) is 0 Å². The molecule has 2 aliphatic heterocycles. The molecule has 2 aliphatic rings. The number of aryl methyl sites for hydroxylation is 1. The fourth-order valence-electron chi connectivity index (χ4n) is 4.23. The molecule has 2 fully saturated rings. The minimum absolute atomic E-state index is 0.578. The maximum absolute atomic E-state index is 4.85. The summed E-state index contributed by atoms with van der Waals surface area (Å²) in [4.78, 5) is 10.0. The van der Waals surface area contributed by atoms with Crippen molar-refractivity contribution in [2.75, 3.05) is 31.1 Å². The zero-order valence-corrected chi connectivity index (χ0v) is 15.2. The molecule has 1 aromatic heterocycles. The summed E-state index contributed by atoms with van der Waals surface area (Å²) in [6, 6.07) is 2.91. The minimum Gasteiger partial charge on any atom is -0.357 e. The third kappa shape index (κ3) is 4.06. The van der Waals surface area contributed by atoms with Crippen LogP contribution in [0.5, 0.6) is 0 Å². The van der Waals surface area contributed by atoms with E-state index in [0.717, 1.165) is 5.92 Å². The molecular formula is C20H33N3. The molecule has 1 aromatic rings. The third-order valence-corrected chi connectivity index (χ3v) is 5.39. The summed E-state index contributed by atoms with van der Waals surface area (Å²) in [6.45, 7) is 11.7. The third-order valence-electron chi connectivity index (χ3n) is 5.39. The van der Waals surface area contributed by atoms with Gasteiger partial charge in [-0.1, -0.05) is 20.3 Å². The summed E-state index contributed by atoms with van der Waals surface area (Å²) in [5.41, 5.74) is 2.90. The fraction of sp³-hybridized carbons (Fsp3) is 0.750. The molecule has 3 rings (SSSR count). The van der Waals surface area contributed by atoms with E-state index in [0.29, 0.717) is 6.04 Å². The van der Waals surface area contributed by atoms with Crippen LogP contribution in [0.1, 0.15) is 69.5 Å². The Balaban J connectivity index is 1.78. The molecule has 3 nitrogen and oxygen atoms in total. The topological polar surface area (TPSA) is 19.4 Å². The number of nitrogens with zero attached hydrogens (tertiary/aromatic N) is 3. The van der Waals surface area contributed by atoms with Gasteiger partial charge in [0.2, 0.25) is 0 Å². The van der Waals surface area contributed by atoms with E-state index in [1.54, 1.807) is 0 Å². The van der Waals surface area contributed by atoms with Gasteiger partial charge in [-0.25, -0.2) is 4.98 Å². The largest absolute Gasteiger partial charge is 0.357 e. The van der Waals surface area contributed by atoms with Crippen LogP contribution in [0, 0.1) is 12.8 Å². The van der Waals surface area contributed by atoms with Crippen LogP contribution in [0.15, 0.2) is 12.3 Å². The highest BCUT2D eigenvalue weighted by molar-refractivity contribution is 5.44. The molecule has 0 radical (unpaired) electrons. The lowest BCUT2D eigenvalue weighted by Crippen LogP contribution is -2.36. The van der Waals surface area contributed by atoms with E-state index in [2.05, 4.69) is 42.8 Å². The first kappa shape index (κ1) is 16.8. The lowest BCUT2D eigenvalue weighted by atomic mass is 9.92. The van der Waals surface area contributed by atoms with E-state index in [9.17, 15) is 0 Å². The predicted octanol–water partition coefficient (Wildman–Crippen LogP) is 4.56. The molecule has 23 heavy (non-hydrogen) atoms. The first-order valence-electron chi connectivity index (χ1n) is 9.60. The van der Waals surface area contributed by atoms with E-state index in [1.165, 1.54) is 81.6 Å². The standard InChI is InChI=1S/C20H33N3/c1-16(2)15-23-12-8-5-9-19(23)18-14-21-20(13-17(18)3)22-10-6-4-7-11-22/h13-14,16,19H,4-12,15H2,1-3H3. The van der Waals surface area contributed by atoms with Gasteiger partial charge >= 0.3 is 0 Å². The Hall–Kier alpha value is -1.09. The van der Waals surface area contributed by atoms with Gasteiger partial charge in [-0.3, -0.25) is 4.90 Å². The Morgan fingerprint density at radius 3 is 2.52 bits per heavy atom. The van der Waals surface area contributed by atoms with Gasteiger partial charge in [0.1, 0.15) is 5.82 Å². The van der Waals surface area contributed by atoms with E-state index in [1.807, 2.05) is 0 Å². The molecule has 0 spiro atoms. The number of piperidine rings is 2. The lowest BCUT2D eigenvalue weighted by Gasteiger charge is -2.38. The van der Waals surface area contributed by atoms with Crippen molar-refractivity contribution in [3.8, 4) is 0 Å². The van der Waals surface area contributed by atoms with Crippen LogP contribution >= 0.6 is 0 Å². The van der Waals surface area contributed by atoms with Crippen molar-refractivity contribution < 1.29 is 0 Å². The zero-order chi connectivity index (χ0) is 16.2. The molecule has 2 saturated heterocycles. The number of anilines is 1. The number of rotatable bonds is 4. The molecule has 3 heteroatoms. The van der Waals surface area contributed by atoms with Crippen molar-refractivity contribution in [2.45, 2.75) is 65.3 Å². The summed E-state index contributed by atoms with van der Waals surface area (Å²) in [5, 5.41) is 0. The summed E-state index contributed by atoms with van der Waals surface area (Å²) >= 11 is 0. The first-order chi connectivity index (χ1) is 11.1. The van der Waals surface area contributed by atoms with Gasteiger partial charge < -0.3 is 4.90 Å². The van der Waals surface area contributed by atoms with Gasteiger partial charge in [-0.05, 0) is 68.7 Å². The van der Waals surface area contributed by atoms with Crippen LogP contribution in [0.25, 0.3) is 0 Å². The average Bonchev–Trinajstić information content (AvgIpc) is 2.56. The van der Waals surface area contributed by atoms with Gasteiger partial charge in [-0.2, -0.15) is 0 Å². The summed E-state index contributed by atoms with van der Waals surface area (Å²) < 4.78 is 0. The number of likely N-dealkylation sites (tertiary alicyclic amines) is 1. The van der Waals surface area contributed by atoms with Gasteiger partial charge in [0.25, 0.3) is 0 Å². The quantitative estimate of drug-likeness (QED) is 0.812. The molecule has 128 valence electrons. The number of aromatic nitrogens is 1. The SMILES string of the molecule is Cc1cc(N2CCCCC2)ncc1C1CCCCN1CC(C)C. The maximum Gasteiger partial charge on any atom is 0.128 e. The van der Waals surface area contributed by atoms with Gasteiger partial charge in [-0.15, -0.1) is 0 Å². The van der Waals surface area contributed by atoms with Crippen LogP contribution in [0.2, 0.25) is 0 Å². The Bertz CT molecular complexity index is 506. The number of hydrogen-bond donors (Lipinski definition) is 0. The molecule has 0 aromatic carbocycles. The van der Waals surface area contributed by atoms with E-state index >= 15 is 0 Å². The summed E-state index contributed by atoms with van der Waals surface area (Å²) in [6.07, 6.45) is 10.2. The van der Waals surface area contributed by atoms with Crippen molar-refractivity contribution in [2.24, 2.45) is 5.92 Å². The van der Waals surface area contributed by atoms with E-state index in [4.69, 9.17) is 4.98 Å². The monoisotopic (exact) mass is 315 g/mol. The van der Waals surface area contributed by atoms with Gasteiger partial charge in [0.05, 0.1) is 0 Å². The van der Waals surface area contributed by atoms with Crippen LogP contribution in [-0.4, -0.2) is 36.1 Å². The number of hydrogen-bond acceptors (Lipinski definition) is 3. The van der Waals surface area contributed by atoms with Crippen LogP contribution in [0.3, 0.4) is 0 Å². The molecule has 1 atom stereocenters. The highest BCUT2D eigenvalue weighted by Crippen LogP contribution is 2.34. The van der Waals surface area contributed by atoms with Crippen molar-refractivity contribution in [1.29, 1.82) is 0 Å². The predicted molar refractivity (Wildman–Crippen MR) is 98.0 cm³/mol. The van der Waals surface area contributed by atoms with Crippen molar-refractivity contribution in [1.82, 2.24) is 9.88 Å². The second-order valence-electron chi connectivity index (χ2n) is 7.85. The Morgan fingerprint density at radius 2 is 1.83 bits per heavy atom. The van der Waals surface area contributed by atoms with Crippen LogP contribution < -0.4 is 4.90 Å². The maximum atomic E-state index is 4.85. The smallest absolute Gasteiger partial charge is 0.128 e. The number of pyridine rings is 1. The molecule has 1 unspecified atom stereocenters. The highest BCUT2D eigenvalue weighted by Gasteiger charge is 2.26. The molecule has 0 N–H and O–H groups in total. The molecule has 0 saturated carbocycles. The molecule has 0 amide bonds. The van der Waals surface area contributed by atoms with Gasteiger partial charge in [0.15, 0.2) is 0 Å². The van der Waals surface area contributed by atoms with Gasteiger partial charge in [0, 0.05) is 31.9 Å². The Morgan fingerprint density at radius 1 is 1.09 bits per heavy atom.